The minimum atomic E-state index is 0.184. The molecule has 0 radical (unpaired) electrons. The molecule has 0 amide bonds. The Morgan fingerprint density at radius 3 is 1.88 bits per heavy atom. The van der Waals surface area contributed by atoms with Gasteiger partial charge in [0.25, 0.3) is 0 Å². The molecule has 0 atom stereocenters. The molecule has 17 heavy (non-hydrogen) atoms. The van der Waals surface area contributed by atoms with Gasteiger partial charge in [-0.2, -0.15) is 0 Å². The van der Waals surface area contributed by atoms with Crippen LogP contribution in [0.1, 0.15) is 27.7 Å². The van der Waals surface area contributed by atoms with E-state index in [9.17, 15) is 0 Å². The van der Waals surface area contributed by atoms with Crippen LogP contribution in [-0.2, 0) is 4.74 Å². The van der Waals surface area contributed by atoms with Gasteiger partial charge in [-0.25, -0.2) is 0 Å². The monoisotopic (exact) mass is 238 g/mol. The summed E-state index contributed by atoms with van der Waals surface area (Å²) in [4.78, 5) is 0. The maximum atomic E-state index is 5.58. The molecular weight excluding hydrogens is 216 g/mol. The zero-order valence-electron chi connectivity index (χ0n) is 11.1. The third kappa shape index (κ3) is 6.17. The number of hydrogen-bond acceptors (Lipinski definition) is 3. The molecule has 0 aliphatic heterocycles. The van der Waals surface area contributed by atoms with Gasteiger partial charge in [0, 0.05) is 0 Å². The molecule has 1 rings (SSSR count). The summed E-state index contributed by atoms with van der Waals surface area (Å²) >= 11 is 0. The normalized spacial score (nSPS) is 10.9. The van der Waals surface area contributed by atoms with Crippen molar-refractivity contribution in [1.82, 2.24) is 0 Å². The first-order valence-electron chi connectivity index (χ1n) is 6.05. The quantitative estimate of drug-likeness (QED) is 0.681. The molecule has 3 nitrogen and oxygen atoms in total. The minimum Gasteiger partial charge on any atom is -0.493 e. The third-order valence-corrected chi connectivity index (χ3v) is 2.03. The second-order valence-electron chi connectivity index (χ2n) is 4.65. The van der Waals surface area contributed by atoms with Gasteiger partial charge in [-0.05, 0) is 44.0 Å². The van der Waals surface area contributed by atoms with Crippen LogP contribution in [0.15, 0.2) is 24.3 Å². The average molecular weight is 238 g/mol. The van der Waals surface area contributed by atoms with Gasteiger partial charge in [0.15, 0.2) is 6.79 Å². The molecule has 0 N–H and O–H groups in total. The van der Waals surface area contributed by atoms with Crippen LogP contribution in [0.2, 0.25) is 0 Å². The Morgan fingerprint density at radius 1 is 0.882 bits per heavy atom. The fourth-order valence-electron chi connectivity index (χ4n) is 1.13. The highest BCUT2D eigenvalue weighted by molar-refractivity contribution is 5.31. The van der Waals surface area contributed by atoms with Crippen LogP contribution in [0.25, 0.3) is 0 Å². The fourth-order valence-corrected chi connectivity index (χ4v) is 1.13. The van der Waals surface area contributed by atoms with Gasteiger partial charge in [-0.1, -0.05) is 13.8 Å². The zero-order chi connectivity index (χ0) is 12.7. The lowest BCUT2D eigenvalue weighted by Crippen LogP contribution is -2.09. The van der Waals surface area contributed by atoms with Gasteiger partial charge in [0.1, 0.15) is 11.5 Å². The Balaban J connectivity index is 2.34. The van der Waals surface area contributed by atoms with E-state index in [1.54, 1.807) is 0 Å². The molecule has 0 fully saturated rings. The van der Waals surface area contributed by atoms with E-state index < -0.39 is 0 Å². The molecule has 0 heterocycles. The van der Waals surface area contributed by atoms with Crippen molar-refractivity contribution in [3.8, 4) is 11.5 Å². The van der Waals surface area contributed by atoms with Crippen molar-refractivity contribution in [1.29, 1.82) is 0 Å². The van der Waals surface area contributed by atoms with E-state index >= 15 is 0 Å². The number of ether oxygens (including phenoxy) is 3. The first-order chi connectivity index (χ1) is 8.08. The van der Waals surface area contributed by atoms with Crippen molar-refractivity contribution in [3.63, 3.8) is 0 Å². The van der Waals surface area contributed by atoms with Crippen molar-refractivity contribution in [3.05, 3.63) is 24.3 Å². The van der Waals surface area contributed by atoms with Crippen molar-refractivity contribution in [2.75, 3.05) is 13.4 Å². The fraction of sp³-hybridized carbons (Fsp3) is 0.571. The van der Waals surface area contributed by atoms with E-state index in [-0.39, 0.29) is 12.9 Å². The smallest absolute Gasteiger partial charge is 0.189 e. The summed E-state index contributed by atoms with van der Waals surface area (Å²) in [5, 5.41) is 0. The first-order valence-corrected chi connectivity index (χ1v) is 6.05. The van der Waals surface area contributed by atoms with E-state index in [2.05, 4.69) is 13.8 Å². The molecule has 0 aromatic heterocycles. The Labute approximate surface area is 104 Å². The molecule has 0 saturated heterocycles. The second-order valence-corrected chi connectivity index (χ2v) is 4.65. The molecule has 96 valence electrons. The Morgan fingerprint density at radius 2 is 1.41 bits per heavy atom. The maximum Gasteiger partial charge on any atom is 0.189 e. The van der Waals surface area contributed by atoms with Crippen LogP contribution in [0.3, 0.4) is 0 Å². The average Bonchev–Trinajstić information content (AvgIpc) is 2.27. The summed E-state index contributed by atoms with van der Waals surface area (Å²) in [6.45, 7) is 9.22. The summed E-state index contributed by atoms with van der Waals surface area (Å²) < 4.78 is 16.3. The lowest BCUT2D eigenvalue weighted by Gasteiger charge is -2.11. The van der Waals surface area contributed by atoms with Crippen LogP contribution in [0.5, 0.6) is 11.5 Å². The van der Waals surface area contributed by atoms with Gasteiger partial charge in [0.05, 0.1) is 12.7 Å². The van der Waals surface area contributed by atoms with Crippen molar-refractivity contribution >= 4 is 0 Å². The Kier molecular flexibility index (Phi) is 5.84. The molecule has 3 heteroatoms. The number of rotatable bonds is 7. The van der Waals surface area contributed by atoms with Gasteiger partial charge < -0.3 is 14.2 Å². The van der Waals surface area contributed by atoms with E-state index in [4.69, 9.17) is 14.2 Å². The molecular formula is C14H22O3. The van der Waals surface area contributed by atoms with E-state index in [0.717, 1.165) is 18.1 Å². The van der Waals surface area contributed by atoms with Gasteiger partial charge >= 0.3 is 0 Å². The number of benzene rings is 1. The van der Waals surface area contributed by atoms with Crippen LogP contribution < -0.4 is 9.47 Å². The maximum absolute atomic E-state index is 5.58. The van der Waals surface area contributed by atoms with Crippen LogP contribution in [-0.4, -0.2) is 19.5 Å². The first kappa shape index (κ1) is 13.8. The molecule has 0 aliphatic rings. The Bertz CT molecular complexity index is 304. The molecule has 0 saturated carbocycles. The molecule has 0 unspecified atom stereocenters. The number of hydrogen-bond donors (Lipinski definition) is 0. The van der Waals surface area contributed by atoms with E-state index in [1.165, 1.54) is 0 Å². The molecule has 0 spiro atoms. The van der Waals surface area contributed by atoms with Crippen molar-refractivity contribution < 1.29 is 14.2 Å². The summed E-state index contributed by atoms with van der Waals surface area (Å²) in [7, 11) is 0. The zero-order valence-corrected chi connectivity index (χ0v) is 11.1. The summed E-state index contributed by atoms with van der Waals surface area (Å²) in [5.41, 5.74) is 0. The minimum absolute atomic E-state index is 0.184. The second kappa shape index (κ2) is 7.17. The molecule has 0 bridgehead atoms. The summed E-state index contributed by atoms with van der Waals surface area (Å²) in [6, 6.07) is 7.60. The SMILES string of the molecule is CC(C)COc1ccc(OCOC(C)C)cc1. The van der Waals surface area contributed by atoms with Gasteiger partial charge in [-0.15, -0.1) is 0 Å². The van der Waals surface area contributed by atoms with Crippen molar-refractivity contribution in [2.24, 2.45) is 5.92 Å². The van der Waals surface area contributed by atoms with Crippen LogP contribution in [0, 0.1) is 5.92 Å². The molecule has 1 aromatic carbocycles. The van der Waals surface area contributed by atoms with Crippen LogP contribution >= 0.6 is 0 Å². The topological polar surface area (TPSA) is 27.7 Å². The largest absolute Gasteiger partial charge is 0.493 e. The van der Waals surface area contributed by atoms with Crippen molar-refractivity contribution in [2.45, 2.75) is 33.8 Å². The lowest BCUT2D eigenvalue weighted by molar-refractivity contribution is -0.0200. The lowest BCUT2D eigenvalue weighted by atomic mass is 10.2. The molecule has 1 aromatic rings. The van der Waals surface area contributed by atoms with Crippen LogP contribution in [0.4, 0.5) is 0 Å². The van der Waals surface area contributed by atoms with Gasteiger partial charge in [0.2, 0.25) is 0 Å². The van der Waals surface area contributed by atoms with E-state index in [0.29, 0.717) is 5.92 Å². The highest BCUT2D eigenvalue weighted by atomic mass is 16.7. The standard InChI is InChI=1S/C14H22O3/c1-11(2)9-15-13-5-7-14(8-6-13)17-10-16-12(3)4/h5-8,11-12H,9-10H2,1-4H3. The molecule has 0 aliphatic carbocycles. The Hall–Kier alpha value is -1.22. The predicted octanol–water partition coefficient (Wildman–Crippen LogP) is 3.48. The predicted molar refractivity (Wildman–Crippen MR) is 68.5 cm³/mol. The summed E-state index contributed by atoms with van der Waals surface area (Å²) in [6.07, 6.45) is 0.184. The van der Waals surface area contributed by atoms with Gasteiger partial charge in [-0.3, -0.25) is 0 Å². The third-order valence-electron chi connectivity index (χ3n) is 2.03. The highest BCUT2D eigenvalue weighted by Crippen LogP contribution is 2.18. The summed E-state index contributed by atoms with van der Waals surface area (Å²) in [5.74, 6) is 2.20. The van der Waals surface area contributed by atoms with E-state index in [1.807, 2.05) is 38.1 Å². The highest BCUT2D eigenvalue weighted by Gasteiger charge is 1.99.